The van der Waals surface area contributed by atoms with Crippen LogP contribution in [0.1, 0.15) is 24.0 Å². The van der Waals surface area contributed by atoms with Gasteiger partial charge in [-0.2, -0.15) is 4.31 Å². The second kappa shape index (κ2) is 6.26. The highest BCUT2D eigenvalue weighted by atomic mass is 32.2. The van der Waals surface area contributed by atoms with Crippen molar-refractivity contribution in [3.8, 4) is 5.75 Å². The SMILES string of the molecule is COc1ccc(S(=O)(=O)N2CCCC(C(=O)O)C2)c(C)c1C. The van der Waals surface area contributed by atoms with Crippen LogP contribution in [0.4, 0.5) is 0 Å². The van der Waals surface area contributed by atoms with Crippen LogP contribution < -0.4 is 4.74 Å². The molecule has 1 aromatic rings. The van der Waals surface area contributed by atoms with Gasteiger partial charge in [0.15, 0.2) is 0 Å². The Balaban J connectivity index is 2.38. The summed E-state index contributed by atoms with van der Waals surface area (Å²) < 4.78 is 32.1. The number of aliphatic carboxylic acids is 1. The second-order valence-corrected chi connectivity index (χ2v) is 7.46. The number of benzene rings is 1. The Morgan fingerprint density at radius 2 is 2.00 bits per heavy atom. The number of carbonyl (C=O) groups is 1. The van der Waals surface area contributed by atoms with Gasteiger partial charge in [0.05, 0.1) is 17.9 Å². The normalized spacial score (nSPS) is 19.9. The minimum Gasteiger partial charge on any atom is -0.496 e. The summed E-state index contributed by atoms with van der Waals surface area (Å²) in [6.45, 7) is 3.94. The summed E-state index contributed by atoms with van der Waals surface area (Å²) in [7, 11) is -2.15. The number of carboxylic acid groups (broad SMARTS) is 1. The van der Waals surface area contributed by atoms with Gasteiger partial charge < -0.3 is 9.84 Å². The molecule has 1 aromatic carbocycles. The molecule has 1 N–H and O–H groups in total. The molecule has 1 atom stereocenters. The van der Waals surface area contributed by atoms with Gasteiger partial charge in [0, 0.05) is 13.1 Å². The second-order valence-electron chi connectivity index (χ2n) is 5.56. The summed E-state index contributed by atoms with van der Waals surface area (Å²) in [5.41, 5.74) is 1.41. The van der Waals surface area contributed by atoms with Crippen LogP contribution in [-0.2, 0) is 14.8 Å². The van der Waals surface area contributed by atoms with E-state index in [1.165, 1.54) is 17.5 Å². The van der Waals surface area contributed by atoms with Crippen molar-refractivity contribution < 1.29 is 23.1 Å². The van der Waals surface area contributed by atoms with Gasteiger partial charge >= 0.3 is 5.97 Å². The van der Waals surface area contributed by atoms with E-state index in [4.69, 9.17) is 9.84 Å². The molecule has 7 heteroatoms. The van der Waals surface area contributed by atoms with Gasteiger partial charge in [-0.05, 0) is 49.9 Å². The minimum absolute atomic E-state index is 0.0299. The Morgan fingerprint density at radius 3 is 2.59 bits per heavy atom. The predicted molar refractivity (Wildman–Crippen MR) is 81.6 cm³/mol. The van der Waals surface area contributed by atoms with Crippen LogP contribution in [0.15, 0.2) is 17.0 Å². The van der Waals surface area contributed by atoms with Crippen LogP contribution in [0, 0.1) is 19.8 Å². The molecule has 0 bridgehead atoms. The Morgan fingerprint density at radius 1 is 1.32 bits per heavy atom. The predicted octanol–water partition coefficient (Wildman–Crippen LogP) is 1.80. The van der Waals surface area contributed by atoms with E-state index in [9.17, 15) is 13.2 Å². The molecule has 122 valence electrons. The molecule has 0 aromatic heterocycles. The van der Waals surface area contributed by atoms with Gasteiger partial charge in [-0.1, -0.05) is 0 Å². The molecule has 22 heavy (non-hydrogen) atoms. The van der Waals surface area contributed by atoms with Gasteiger partial charge in [0.1, 0.15) is 5.75 Å². The summed E-state index contributed by atoms with van der Waals surface area (Å²) in [5.74, 6) is -0.941. The lowest BCUT2D eigenvalue weighted by atomic mass is 10.0. The van der Waals surface area contributed by atoms with Gasteiger partial charge in [0.2, 0.25) is 10.0 Å². The quantitative estimate of drug-likeness (QED) is 0.911. The van der Waals surface area contributed by atoms with Crippen LogP contribution in [0.5, 0.6) is 5.75 Å². The molecular weight excluding hydrogens is 306 g/mol. The van der Waals surface area contributed by atoms with E-state index < -0.39 is 21.9 Å². The van der Waals surface area contributed by atoms with E-state index in [2.05, 4.69) is 0 Å². The van der Waals surface area contributed by atoms with Crippen molar-refractivity contribution in [1.29, 1.82) is 0 Å². The van der Waals surface area contributed by atoms with Crippen molar-refractivity contribution in [3.05, 3.63) is 23.3 Å². The van der Waals surface area contributed by atoms with E-state index in [0.29, 0.717) is 30.7 Å². The average Bonchev–Trinajstić information content (AvgIpc) is 2.49. The highest BCUT2D eigenvalue weighted by Gasteiger charge is 2.34. The van der Waals surface area contributed by atoms with Gasteiger partial charge in [-0.3, -0.25) is 4.79 Å². The lowest BCUT2D eigenvalue weighted by Crippen LogP contribution is -2.42. The van der Waals surface area contributed by atoms with E-state index >= 15 is 0 Å². The summed E-state index contributed by atoms with van der Waals surface area (Å²) in [5, 5.41) is 9.12. The zero-order valence-electron chi connectivity index (χ0n) is 13.0. The molecule has 0 spiro atoms. The molecule has 0 amide bonds. The number of methoxy groups -OCH3 is 1. The number of piperidine rings is 1. The lowest BCUT2D eigenvalue weighted by molar-refractivity contribution is -0.142. The first kappa shape index (κ1) is 16.8. The highest BCUT2D eigenvalue weighted by molar-refractivity contribution is 7.89. The number of sulfonamides is 1. The van der Waals surface area contributed by atoms with Crippen molar-refractivity contribution in [2.24, 2.45) is 5.92 Å². The van der Waals surface area contributed by atoms with Crippen molar-refractivity contribution in [2.75, 3.05) is 20.2 Å². The minimum atomic E-state index is -3.69. The average molecular weight is 327 g/mol. The largest absolute Gasteiger partial charge is 0.496 e. The molecule has 1 fully saturated rings. The third kappa shape index (κ3) is 2.96. The maximum absolute atomic E-state index is 12.8. The fourth-order valence-corrected chi connectivity index (χ4v) is 4.58. The molecule has 1 aliphatic rings. The molecule has 1 aliphatic heterocycles. The molecule has 0 radical (unpaired) electrons. The number of ether oxygens (including phenoxy) is 1. The lowest BCUT2D eigenvalue weighted by Gasteiger charge is -2.30. The van der Waals surface area contributed by atoms with Crippen molar-refractivity contribution >= 4 is 16.0 Å². The van der Waals surface area contributed by atoms with Gasteiger partial charge in [-0.15, -0.1) is 0 Å². The Hall–Kier alpha value is -1.60. The molecular formula is C15H21NO5S. The van der Waals surface area contributed by atoms with E-state index in [1.807, 2.05) is 6.92 Å². The van der Waals surface area contributed by atoms with Crippen LogP contribution in [0.2, 0.25) is 0 Å². The zero-order valence-corrected chi connectivity index (χ0v) is 13.8. The topological polar surface area (TPSA) is 83.9 Å². The number of hydrogen-bond donors (Lipinski definition) is 1. The van der Waals surface area contributed by atoms with Crippen molar-refractivity contribution in [3.63, 3.8) is 0 Å². The van der Waals surface area contributed by atoms with Crippen LogP contribution in [0.3, 0.4) is 0 Å². The van der Waals surface area contributed by atoms with Crippen molar-refractivity contribution in [2.45, 2.75) is 31.6 Å². The first-order valence-electron chi connectivity index (χ1n) is 7.16. The molecule has 2 rings (SSSR count). The molecule has 1 heterocycles. The molecule has 0 saturated carbocycles. The summed E-state index contributed by atoms with van der Waals surface area (Å²) in [6.07, 6.45) is 1.08. The fourth-order valence-electron chi connectivity index (χ4n) is 2.77. The molecule has 1 saturated heterocycles. The summed E-state index contributed by atoms with van der Waals surface area (Å²) >= 11 is 0. The van der Waals surface area contributed by atoms with Crippen LogP contribution in [-0.4, -0.2) is 44.0 Å². The van der Waals surface area contributed by atoms with E-state index in [0.717, 1.165) is 5.56 Å². The van der Waals surface area contributed by atoms with Gasteiger partial charge in [-0.25, -0.2) is 8.42 Å². The monoisotopic (exact) mass is 327 g/mol. The number of rotatable bonds is 4. The molecule has 6 nitrogen and oxygen atoms in total. The molecule has 0 aliphatic carbocycles. The third-order valence-electron chi connectivity index (χ3n) is 4.26. The summed E-state index contributed by atoms with van der Waals surface area (Å²) in [6, 6.07) is 3.16. The third-order valence-corrected chi connectivity index (χ3v) is 6.27. The van der Waals surface area contributed by atoms with E-state index in [-0.39, 0.29) is 11.4 Å². The highest BCUT2D eigenvalue weighted by Crippen LogP contribution is 2.30. The Bertz CT molecular complexity index is 683. The first-order chi connectivity index (χ1) is 10.3. The fraction of sp³-hybridized carbons (Fsp3) is 0.533. The number of nitrogens with zero attached hydrogens (tertiary/aromatic N) is 1. The van der Waals surface area contributed by atoms with Gasteiger partial charge in [0.25, 0.3) is 0 Å². The number of carboxylic acids is 1. The first-order valence-corrected chi connectivity index (χ1v) is 8.60. The molecule has 1 unspecified atom stereocenters. The van der Waals surface area contributed by atoms with E-state index in [1.54, 1.807) is 13.0 Å². The summed E-state index contributed by atoms with van der Waals surface area (Å²) in [4.78, 5) is 11.3. The smallest absolute Gasteiger partial charge is 0.307 e. The number of hydrogen-bond acceptors (Lipinski definition) is 4. The maximum Gasteiger partial charge on any atom is 0.307 e. The van der Waals surface area contributed by atoms with Crippen LogP contribution in [0.25, 0.3) is 0 Å². The van der Waals surface area contributed by atoms with Crippen molar-refractivity contribution in [1.82, 2.24) is 4.31 Å². The Labute approximate surface area is 130 Å². The Kier molecular flexibility index (Phi) is 4.77. The standard InChI is InChI=1S/C15H21NO5S/c1-10-11(2)14(7-6-13(10)21-3)22(19,20)16-8-4-5-12(9-16)15(17)18/h6-7,12H,4-5,8-9H2,1-3H3,(H,17,18). The van der Waals surface area contributed by atoms with Crippen LogP contribution >= 0.6 is 0 Å². The maximum atomic E-state index is 12.8. The zero-order chi connectivity index (χ0) is 16.5.